The number of rotatable bonds is 5. The highest BCUT2D eigenvalue weighted by Gasteiger charge is 2.17. The molecular formula is C18H21ClN2O2S. The molecule has 0 heterocycles. The number of benzene rings is 2. The fourth-order valence-corrected chi connectivity index (χ4v) is 4.57. The summed E-state index contributed by atoms with van der Waals surface area (Å²) in [5.41, 5.74) is 1.53. The van der Waals surface area contributed by atoms with Gasteiger partial charge in [-0.25, -0.2) is 8.42 Å². The fraction of sp³-hybridized carbons (Fsp3) is 0.333. The molecule has 2 aromatic rings. The average molecular weight is 365 g/mol. The molecule has 0 aliphatic heterocycles. The zero-order valence-corrected chi connectivity index (χ0v) is 14.9. The summed E-state index contributed by atoms with van der Waals surface area (Å²) in [5.74, 6) is 0. The van der Waals surface area contributed by atoms with Crippen LogP contribution in [0.3, 0.4) is 0 Å². The number of hydrogen-bond acceptors (Lipinski definition) is 3. The standard InChI is InChI=1S/C18H21ClN2O2S/c19-17-8-4-5-9-18(17)24(22,23)21-16-12-10-15(11-13-16)20-14-6-2-1-3-7-14/h4-5,8-14,20-21H,1-3,6-7H2. The molecule has 0 atom stereocenters. The molecule has 0 saturated heterocycles. The van der Waals surface area contributed by atoms with Crippen LogP contribution >= 0.6 is 11.6 Å². The lowest BCUT2D eigenvalue weighted by Gasteiger charge is -2.24. The Balaban J connectivity index is 1.68. The molecule has 2 aromatic carbocycles. The minimum Gasteiger partial charge on any atom is -0.382 e. The van der Waals surface area contributed by atoms with E-state index in [1.807, 2.05) is 12.1 Å². The van der Waals surface area contributed by atoms with Crippen molar-refractivity contribution in [2.75, 3.05) is 10.0 Å². The van der Waals surface area contributed by atoms with E-state index in [1.165, 1.54) is 38.2 Å². The molecule has 0 amide bonds. The van der Waals surface area contributed by atoms with E-state index >= 15 is 0 Å². The van der Waals surface area contributed by atoms with E-state index in [0.29, 0.717) is 11.7 Å². The summed E-state index contributed by atoms with van der Waals surface area (Å²) < 4.78 is 27.4. The molecule has 1 aliphatic rings. The molecule has 1 saturated carbocycles. The van der Waals surface area contributed by atoms with Crippen LogP contribution in [-0.2, 0) is 10.0 Å². The monoisotopic (exact) mass is 364 g/mol. The second-order valence-corrected chi connectivity index (χ2v) is 8.15. The summed E-state index contributed by atoms with van der Waals surface area (Å²) in [6, 6.07) is 14.3. The van der Waals surface area contributed by atoms with Crippen molar-refractivity contribution in [2.45, 2.75) is 43.0 Å². The van der Waals surface area contributed by atoms with Gasteiger partial charge in [0.15, 0.2) is 0 Å². The SMILES string of the molecule is O=S(=O)(Nc1ccc(NC2CCCCC2)cc1)c1ccccc1Cl. The minimum atomic E-state index is -3.69. The van der Waals surface area contributed by atoms with Crippen molar-refractivity contribution in [3.63, 3.8) is 0 Å². The molecule has 0 aromatic heterocycles. The lowest BCUT2D eigenvalue weighted by molar-refractivity contribution is 0.463. The predicted molar refractivity (Wildman–Crippen MR) is 99.2 cm³/mol. The Hall–Kier alpha value is -1.72. The van der Waals surface area contributed by atoms with Crippen molar-refractivity contribution in [1.82, 2.24) is 0 Å². The van der Waals surface area contributed by atoms with E-state index < -0.39 is 10.0 Å². The van der Waals surface area contributed by atoms with Gasteiger partial charge in [-0.15, -0.1) is 0 Å². The number of nitrogens with one attached hydrogen (secondary N) is 2. The molecule has 3 rings (SSSR count). The lowest BCUT2D eigenvalue weighted by Crippen LogP contribution is -2.22. The van der Waals surface area contributed by atoms with E-state index in [9.17, 15) is 8.42 Å². The van der Waals surface area contributed by atoms with Gasteiger partial charge in [-0.3, -0.25) is 4.72 Å². The number of hydrogen-bond donors (Lipinski definition) is 2. The highest BCUT2D eigenvalue weighted by Crippen LogP contribution is 2.25. The summed E-state index contributed by atoms with van der Waals surface area (Å²) in [7, 11) is -3.69. The van der Waals surface area contributed by atoms with Crippen LogP contribution in [0, 0.1) is 0 Å². The lowest BCUT2D eigenvalue weighted by atomic mass is 9.95. The molecule has 2 N–H and O–H groups in total. The van der Waals surface area contributed by atoms with Crippen molar-refractivity contribution in [1.29, 1.82) is 0 Å². The quantitative estimate of drug-likeness (QED) is 0.794. The molecule has 0 radical (unpaired) electrons. The minimum absolute atomic E-state index is 0.0797. The summed E-state index contributed by atoms with van der Waals surface area (Å²) in [4.78, 5) is 0.0797. The van der Waals surface area contributed by atoms with Crippen molar-refractivity contribution in [3.8, 4) is 0 Å². The van der Waals surface area contributed by atoms with Crippen LogP contribution in [0.25, 0.3) is 0 Å². The van der Waals surface area contributed by atoms with Crippen LogP contribution in [0.4, 0.5) is 11.4 Å². The smallest absolute Gasteiger partial charge is 0.263 e. The van der Waals surface area contributed by atoms with Crippen LogP contribution < -0.4 is 10.0 Å². The molecule has 128 valence electrons. The Labute approximate surface area is 148 Å². The molecular weight excluding hydrogens is 344 g/mol. The van der Waals surface area contributed by atoms with Crippen molar-refractivity contribution in [3.05, 3.63) is 53.6 Å². The average Bonchev–Trinajstić information content (AvgIpc) is 2.58. The van der Waals surface area contributed by atoms with Crippen LogP contribution in [0.1, 0.15) is 32.1 Å². The Morgan fingerprint density at radius 3 is 2.17 bits per heavy atom. The van der Waals surface area contributed by atoms with Crippen molar-refractivity contribution in [2.24, 2.45) is 0 Å². The summed E-state index contributed by atoms with van der Waals surface area (Å²) in [6.45, 7) is 0. The molecule has 1 aliphatic carbocycles. The van der Waals surface area contributed by atoms with Crippen LogP contribution in [0.15, 0.2) is 53.4 Å². The normalized spacial score (nSPS) is 15.9. The third-order valence-electron chi connectivity index (χ3n) is 4.24. The van der Waals surface area contributed by atoms with Crippen LogP contribution in [0.2, 0.25) is 5.02 Å². The van der Waals surface area contributed by atoms with Gasteiger partial charge in [-0.1, -0.05) is 43.0 Å². The van der Waals surface area contributed by atoms with E-state index in [0.717, 1.165) is 5.69 Å². The van der Waals surface area contributed by atoms with Crippen LogP contribution in [0.5, 0.6) is 0 Å². The van der Waals surface area contributed by atoms with Crippen molar-refractivity contribution < 1.29 is 8.42 Å². The molecule has 24 heavy (non-hydrogen) atoms. The number of halogens is 1. The van der Waals surface area contributed by atoms with Gasteiger partial charge in [0.25, 0.3) is 10.0 Å². The van der Waals surface area contributed by atoms with E-state index in [4.69, 9.17) is 11.6 Å². The number of sulfonamides is 1. The third kappa shape index (κ3) is 4.22. The first-order chi connectivity index (χ1) is 11.5. The first kappa shape index (κ1) is 17.1. The zero-order valence-electron chi connectivity index (χ0n) is 13.3. The van der Waals surface area contributed by atoms with Crippen LogP contribution in [-0.4, -0.2) is 14.5 Å². The Morgan fingerprint density at radius 1 is 0.875 bits per heavy atom. The Bertz CT molecular complexity index is 785. The van der Waals surface area contributed by atoms with Gasteiger partial charge in [0, 0.05) is 17.4 Å². The van der Waals surface area contributed by atoms with Gasteiger partial charge in [0.1, 0.15) is 4.90 Å². The summed E-state index contributed by atoms with van der Waals surface area (Å²) in [5, 5.41) is 3.72. The van der Waals surface area contributed by atoms with Gasteiger partial charge in [-0.05, 0) is 49.2 Å². The van der Waals surface area contributed by atoms with Gasteiger partial charge < -0.3 is 5.32 Å². The van der Waals surface area contributed by atoms with E-state index in [1.54, 1.807) is 30.3 Å². The summed E-state index contributed by atoms with van der Waals surface area (Å²) in [6.07, 6.45) is 6.25. The maximum atomic E-state index is 12.4. The van der Waals surface area contributed by atoms with Gasteiger partial charge in [0.2, 0.25) is 0 Å². The second-order valence-electron chi connectivity index (χ2n) is 6.09. The summed E-state index contributed by atoms with van der Waals surface area (Å²) >= 11 is 5.98. The van der Waals surface area contributed by atoms with Crippen molar-refractivity contribution >= 4 is 33.0 Å². The highest BCUT2D eigenvalue weighted by molar-refractivity contribution is 7.92. The van der Waals surface area contributed by atoms with E-state index in [2.05, 4.69) is 10.0 Å². The van der Waals surface area contributed by atoms with Gasteiger partial charge in [-0.2, -0.15) is 0 Å². The Kier molecular flexibility index (Phi) is 5.31. The predicted octanol–water partition coefficient (Wildman–Crippen LogP) is 4.89. The molecule has 0 spiro atoms. The van der Waals surface area contributed by atoms with E-state index in [-0.39, 0.29) is 9.92 Å². The zero-order chi connectivity index (χ0) is 17.0. The third-order valence-corrected chi connectivity index (χ3v) is 6.12. The van der Waals surface area contributed by atoms with Gasteiger partial charge in [0.05, 0.1) is 5.02 Å². The topological polar surface area (TPSA) is 58.2 Å². The molecule has 1 fully saturated rings. The largest absolute Gasteiger partial charge is 0.382 e. The van der Waals surface area contributed by atoms with Gasteiger partial charge >= 0.3 is 0 Å². The maximum Gasteiger partial charge on any atom is 0.263 e. The molecule has 0 unspecified atom stereocenters. The fourth-order valence-electron chi connectivity index (χ4n) is 2.99. The second kappa shape index (κ2) is 7.45. The molecule has 0 bridgehead atoms. The number of anilines is 2. The first-order valence-corrected chi connectivity index (χ1v) is 10.0. The Morgan fingerprint density at radius 2 is 1.50 bits per heavy atom. The maximum absolute atomic E-state index is 12.4. The first-order valence-electron chi connectivity index (χ1n) is 8.18. The molecule has 4 nitrogen and oxygen atoms in total. The molecule has 6 heteroatoms. The highest BCUT2D eigenvalue weighted by atomic mass is 35.5.